The predicted octanol–water partition coefficient (Wildman–Crippen LogP) is 2.32. The maximum absolute atomic E-state index is 11.8. The van der Waals surface area contributed by atoms with Crippen molar-refractivity contribution in [2.45, 2.75) is 38.1 Å². The molecule has 1 aliphatic heterocycles. The van der Waals surface area contributed by atoms with Gasteiger partial charge in [0.1, 0.15) is 0 Å². The maximum atomic E-state index is 11.8. The zero-order valence-electron chi connectivity index (χ0n) is 13.9. The molecule has 0 saturated carbocycles. The Morgan fingerprint density at radius 1 is 1.30 bits per heavy atom. The fourth-order valence-electron chi connectivity index (χ4n) is 2.78. The summed E-state index contributed by atoms with van der Waals surface area (Å²) in [6.07, 6.45) is 4.74. The molecule has 6 heteroatoms. The lowest BCUT2D eigenvalue weighted by Gasteiger charge is -2.11. The zero-order chi connectivity index (χ0) is 15.8. The van der Waals surface area contributed by atoms with Crippen LogP contribution in [0, 0.1) is 0 Å². The Labute approximate surface area is 144 Å². The molecule has 1 amide bonds. The number of methoxy groups -OCH3 is 2. The predicted molar refractivity (Wildman–Crippen MR) is 93.8 cm³/mol. The minimum absolute atomic E-state index is 0. The van der Waals surface area contributed by atoms with Gasteiger partial charge in [-0.2, -0.15) is 0 Å². The topological polar surface area (TPSA) is 59.6 Å². The van der Waals surface area contributed by atoms with E-state index in [1.807, 2.05) is 18.2 Å². The molecular formula is C17H27ClN2O3. The van der Waals surface area contributed by atoms with Gasteiger partial charge in [-0.3, -0.25) is 4.79 Å². The number of halogens is 1. The highest BCUT2D eigenvalue weighted by Crippen LogP contribution is 2.27. The summed E-state index contributed by atoms with van der Waals surface area (Å²) in [5.74, 6) is 1.58. The molecule has 5 nitrogen and oxygen atoms in total. The molecule has 0 radical (unpaired) electrons. The Morgan fingerprint density at radius 3 is 2.74 bits per heavy atom. The number of nitrogens with one attached hydrogen (secondary N) is 2. The van der Waals surface area contributed by atoms with Gasteiger partial charge in [0, 0.05) is 19.0 Å². The molecule has 1 saturated heterocycles. The van der Waals surface area contributed by atoms with Crippen molar-refractivity contribution in [3.8, 4) is 11.5 Å². The minimum atomic E-state index is 0. The molecule has 2 rings (SSSR count). The molecule has 23 heavy (non-hydrogen) atoms. The summed E-state index contributed by atoms with van der Waals surface area (Å²) in [6.45, 7) is 1.73. The third-order valence-corrected chi connectivity index (χ3v) is 4.07. The second kappa shape index (κ2) is 10.3. The van der Waals surface area contributed by atoms with E-state index in [0.717, 1.165) is 36.4 Å². The van der Waals surface area contributed by atoms with Crippen molar-refractivity contribution in [2.75, 3.05) is 27.3 Å². The van der Waals surface area contributed by atoms with Crippen molar-refractivity contribution in [2.24, 2.45) is 0 Å². The smallest absolute Gasteiger partial charge is 0.220 e. The number of carbonyl (C=O) groups excluding carboxylic acids is 1. The van der Waals surface area contributed by atoms with Gasteiger partial charge in [-0.1, -0.05) is 6.07 Å². The standard InChI is InChI=1S/C17H26N2O3.ClH/c1-21-15-7-5-13(12-16(15)22-2)9-11-19-17(20)8-6-14-4-3-10-18-14;/h5,7,12,14,18H,3-4,6,8-11H2,1-2H3,(H,19,20);1H. The lowest BCUT2D eigenvalue weighted by atomic mass is 10.1. The van der Waals surface area contributed by atoms with E-state index in [4.69, 9.17) is 9.47 Å². The highest BCUT2D eigenvalue weighted by Gasteiger charge is 2.15. The lowest BCUT2D eigenvalue weighted by Crippen LogP contribution is -2.28. The van der Waals surface area contributed by atoms with Crippen molar-refractivity contribution in [3.05, 3.63) is 23.8 Å². The van der Waals surface area contributed by atoms with Gasteiger partial charge in [-0.05, 0) is 49.9 Å². The summed E-state index contributed by atoms with van der Waals surface area (Å²) in [5, 5.41) is 6.39. The van der Waals surface area contributed by atoms with Crippen molar-refractivity contribution < 1.29 is 14.3 Å². The first-order chi connectivity index (χ1) is 10.7. The van der Waals surface area contributed by atoms with Gasteiger partial charge < -0.3 is 20.1 Å². The second-order valence-corrected chi connectivity index (χ2v) is 5.62. The molecule has 1 aliphatic rings. The van der Waals surface area contributed by atoms with Crippen molar-refractivity contribution in [3.63, 3.8) is 0 Å². The first kappa shape index (κ1) is 19.6. The van der Waals surface area contributed by atoms with Crippen LogP contribution in [-0.4, -0.2) is 39.3 Å². The van der Waals surface area contributed by atoms with E-state index in [-0.39, 0.29) is 18.3 Å². The molecule has 1 heterocycles. The normalized spacial score (nSPS) is 16.5. The summed E-state index contributed by atoms with van der Waals surface area (Å²) in [5.41, 5.74) is 1.12. The van der Waals surface area contributed by atoms with Crippen molar-refractivity contribution >= 4 is 18.3 Å². The fourth-order valence-corrected chi connectivity index (χ4v) is 2.78. The molecule has 1 aromatic rings. The molecular weight excluding hydrogens is 316 g/mol. The Hall–Kier alpha value is -1.46. The summed E-state index contributed by atoms with van der Waals surface area (Å²) >= 11 is 0. The maximum Gasteiger partial charge on any atom is 0.220 e. The Kier molecular flexibility index (Phi) is 8.81. The minimum Gasteiger partial charge on any atom is -0.493 e. The third kappa shape index (κ3) is 6.28. The molecule has 130 valence electrons. The van der Waals surface area contributed by atoms with Crippen LogP contribution in [0.1, 0.15) is 31.2 Å². The van der Waals surface area contributed by atoms with Gasteiger partial charge in [-0.25, -0.2) is 0 Å². The Bertz CT molecular complexity index is 491. The van der Waals surface area contributed by atoms with Crippen LogP contribution in [0.3, 0.4) is 0 Å². The van der Waals surface area contributed by atoms with Crippen LogP contribution in [0.5, 0.6) is 11.5 Å². The molecule has 1 atom stereocenters. The van der Waals surface area contributed by atoms with E-state index in [9.17, 15) is 4.79 Å². The lowest BCUT2D eigenvalue weighted by molar-refractivity contribution is -0.121. The highest BCUT2D eigenvalue weighted by atomic mass is 35.5. The van der Waals surface area contributed by atoms with Crippen LogP contribution in [0.4, 0.5) is 0 Å². The molecule has 0 aromatic heterocycles. The van der Waals surface area contributed by atoms with Gasteiger partial charge in [0.2, 0.25) is 5.91 Å². The average molecular weight is 343 g/mol. The first-order valence-corrected chi connectivity index (χ1v) is 7.94. The number of hydrogen-bond acceptors (Lipinski definition) is 4. The highest BCUT2D eigenvalue weighted by molar-refractivity contribution is 5.85. The molecule has 1 aromatic carbocycles. The molecule has 2 N–H and O–H groups in total. The zero-order valence-corrected chi connectivity index (χ0v) is 14.7. The second-order valence-electron chi connectivity index (χ2n) is 5.62. The average Bonchev–Trinajstić information content (AvgIpc) is 3.06. The van der Waals surface area contributed by atoms with Gasteiger partial charge >= 0.3 is 0 Å². The van der Waals surface area contributed by atoms with E-state index in [0.29, 0.717) is 19.0 Å². The number of benzene rings is 1. The molecule has 0 aliphatic carbocycles. The third-order valence-electron chi connectivity index (χ3n) is 4.07. The SMILES string of the molecule is COc1ccc(CCNC(=O)CCC2CCCN2)cc1OC.Cl. The van der Waals surface area contributed by atoms with Crippen LogP contribution in [0.25, 0.3) is 0 Å². The van der Waals surface area contributed by atoms with Crippen molar-refractivity contribution in [1.82, 2.24) is 10.6 Å². The van der Waals surface area contributed by atoms with E-state index < -0.39 is 0 Å². The van der Waals surface area contributed by atoms with Gasteiger partial charge in [0.25, 0.3) is 0 Å². The van der Waals surface area contributed by atoms with E-state index in [2.05, 4.69) is 10.6 Å². The number of hydrogen-bond donors (Lipinski definition) is 2. The monoisotopic (exact) mass is 342 g/mol. The molecule has 1 unspecified atom stereocenters. The van der Waals surface area contributed by atoms with Gasteiger partial charge in [0.05, 0.1) is 14.2 Å². The number of amides is 1. The van der Waals surface area contributed by atoms with Crippen LogP contribution in [0.2, 0.25) is 0 Å². The van der Waals surface area contributed by atoms with E-state index in [1.54, 1.807) is 14.2 Å². The van der Waals surface area contributed by atoms with Crippen LogP contribution < -0.4 is 20.1 Å². The molecule has 1 fully saturated rings. The van der Waals surface area contributed by atoms with Crippen LogP contribution in [-0.2, 0) is 11.2 Å². The number of carbonyl (C=O) groups is 1. The van der Waals surface area contributed by atoms with Crippen molar-refractivity contribution in [1.29, 1.82) is 0 Å². The van der Waals surface area contributed by atoms with Crippen LogP contribution >= 0.6 is 12.4 Å². The number of ether oxygens (including phenoxy) is 2. The van der Waals surface area contributed by atoms with Gasteiger partial charge in [0.15, 0.2) is 11.5 Å². The quantitative estimate of drug-likeness (QED) is 0.761. The summed E-state index contributed by atoms with van der Waals surface area (Å²) in [6, 6.07) is 6.36. The van der Waals surface area contributed by atoms with Crippen LogP contribution in [0.15, 0.2) is 18.2 Å². The summed E-state index contributed by atoms with van der Waals surface area (Å²) < 4.78 is 10.5. The molecule has 0 spiro atoms. The Balaban J connectivity index is 0.00000264. The van der Waals surface area contributed by atoms with E-state index in [1.165, 1.54) is 12.8 Å². The fraction of sp³-hybridized carbons (Fsp3) is 0.588. The Morgan fingerprint density at radius 2 is 2.09 bits per heavy atom. The largest absolute Gasteiger partial charge is 0.493 e. The summed E-state index contributed by atoms with van der Waals surface area (Å²) in [7, 11) is 3.25. The summed E-state index contributed by atoms with van der Waals surface area (Å²) in [4.78, 5) is 11.8. The number of rotatable bonds is 8. The van der Waals surface area contributed by atoms with E-state index >= 15 is 0 Å². The molecule has 0 bridgehead atoms. The van der Waals surface area contributed by atoms with Gasteiger partial charge in [-0.15, -0.1) is 12.4 Å². The first-order valence-electron chi connectivity index (χ1n) is 7.94.